The summed E-state index contributed by atoms with van der Waals surface area (Å²) in [7, 11) is 1.62. The molecular formula is C25H28N2O2. The van der Waals surface area contributed by atoms with Gasteiger partial charge in [0.2, 0.25) is 11.8 Å². The summed E-state index contributed by atoms with van der Waals surface area (Å²) >= 11 is 0. The minimum Gasteiger partial charge on any atom is -0.357 e. The fourth-order valence-electron chi connectivity index (χ4n) is 3.76. The molecule has 0 aliphatic heterocycles. The van der Waals surface area contributed by atoms with Crippen molar-refractivity contribution in [3.63, 3.8) is 0 Å². The van der Waals surface area contributed by atoms with Crippen LogP contribution >= 0.6 is 0 Å². The summed E-state index contributed by atoms with van der Waals surface area (Å²) in [6.07, 6.45) is 1.59. The Labute approximate surface area is 172 Å². The number of benzene rings is 3. The number of carbonyl (C=O) groups is 2. The molecule has 29 heavy (non-hydrogen) atoms. The third-order valence-corrected chi connectivity index (χ3v) is 5.32. The van der Waals surface area contributed by atoms with Crippen LogP contribution in [-0.4, -0.2) is 29.8 Å². The molecule has 150 valence electrons. The van der Waals surface area contributed by atoms with Crippen molar-refractivity contribution in [1.29, 1.82) is 0 Å². The lowest BCUT2D eigenvalue weighted by molar-refractivity contribution is -0.141. The van der Waals surface area contributed by atoms with Crippen LogP contribution in [0.3, 0.4) is 0 Å². The van der Waals surface area contributed by atoms with Gasteiger partial charge in [-0.15, -0.1) is 0 Å². The van der Waals surface area contributed by atoms with E-state index in [0.29, 0.717) is 25.8 Å². The van der Waals surface area contributed by atoms with Gasteiger partial charge in [-0.05, 0) is 34.7 Å². The van der Waals surface area contributed by atoms with E-state index in [9.17, 15) is 9.59 Å². The van der Waals surface area contributed by atoms with Gasteiger partial charge in [0, 0.05) is 20.0 Å². The lowest BCUT2D eigenvalue weighted by Crippen LogP contribution is -2.48. The van der Waals surface area contributed by atoms with E-state index in [1.807, 2.05) is 55.5 Å². The van der Waals surface area contributed by atoms with Gasteiger partial charge in [0.15, 0.2) is 0 Å². The monoisotopic (exact) mass is 388 g/mol. The molecule has 0 aliphatic rings. The Bertz CT molecular complexity index is 963. The molecule has 4 nitrogen and oxygen atoms in total. The number of rotatable bonds is 8. The van der Waals surface area contributed by atoms with Crippen LogP contribution in [0.1, 0.15) is 30.9 Å². The maximum atomic E-state index is 13.2. The molecule has 0 aromatic heterocycles. The molecule has 0 unspecified atom stereocenters. The number of fused-ring (bicyclic) bond motifs is 1. The highest BCUT2D eigenvalue weighted by Crippen LogP contribution is 2.21. The number of amides is 2. The molecule has 0 spiro atoms. The van der Waals surface area contributed by atoms with Gasteiger partial charge in [0.1, 0.15) is 6.04 Å². The van der Waals surface area contributed by atoms with E-state index >= 15 is 0 Å². The molecule has 0 aliphatic carbocycles. The smallest absolute Gasteiger partial charge is 0.242 e. The molecule has 0 radical (unpaired) electrons. The van der Waals surface area contributed by atoms with E-state index in [-0.39, 0.29) is 11.8 Å². The van der Waals surface area contributed by atoms with Crippen LogP contribution in [0.25, 0.3) is 10.8 Å². The first kappa shape index (κ1) is 20.6. The first-order valence-corrected chi connectivity index (χ1v) is 10.2. The van der Waals surface area contributed by atoms with Gasteiger partial charge >= 0.3 is 0 Å². The Morgan fingerprint density at radius 1 is 0.931 bits per heavy atom. The maximum absolute atomic E-state index is 13.2. The van der Waals surface area contributed by atoms with Crippen molar-refractivity contribution in [1.82, 2.24) is 10.2 Å². The molecule has 4 heteroatoms. The summed E-state index contributed by atoms with van der Waals surface area (Å²) in [4.78, 5) is 27.4. The summed E-state index contributed by atoms with van der Waals surface area (Å²) in [5, 5.41) is 5.06. The molecule has 3 aromatic carbocycles. The number of hydrogen-bond acceptors (Lipinski definition) is 2. The standard InChI is InChI=1S/C25H28N2O2/c1-3-23(25(29)26-2)27(18-19-10-5-4-6-11-19)24(28)17-16-21-14-9-13-20-12-7-8-15-22(20)21/h4-15,23H,3,16-18H2,1-2H3,(H,26,29)/t23-/m1/s1. The predicted octanol–water partition coefficient (Wildman–Crippen LogP) is 4.33. The molecule has 3 rings (SSSR count). The molecule has 0 saturated carbocycles. The van der Waals surface area contributed by atoms with Gasteiger partial charge in [-0.25, -0.2) is 0 Å². The fourth-order valence-corrected chi connectivity index (χ4v) is 3.76. The van der Waals surface area contributed by atoms with Gasteiger partial charge in [0.05, 0.1) is 0 Å². The third-order valence-electron chi connectivity index (χ3n) is 5.32. The third kappa shape index (κ3) is 5.02. The van der Waals surface area contributed by atoms with E-state index in [2.05, 4.69) is 29.6 Å². The van der Waals surface area contributed by atoms with E-state index in [1.165, 1.54) is 10.8 Å². The quantitative estimate of drug-likeness (QED) is 0.625. The predicted molar refractivity (Wildman–Crippen MR) is 117 cm³/mol. The number of nitrogens with zero attached hydrogens (tertiary/aromatic N) is 1. The molecule has 1 N–H and O–H groups in total. The molecule has 0 saturated heterocycles. The minimum absolute atomic E-state index is 0.00256. The van der Waals surface area contributed by atoms with E-state index in [1.54, 1.807) is 11.9 Å². The molecule has 3 aromatic rings. The van der Waals surface area contributed by atoms with Crippen LogP contribution in [0, 0.1) is 0 Å². The first-order valence-electron chi connectivity index (χ1n) is 10.2. The normalized spacial score (nSPS) is 11.8. The number of nitrogens with one attached hydrogen (secondary N) is 1. The first-order chi connectivity index (χ1) is 14.1. The average Bonchev–Trinajstić information content (AvgIpc) is 2.77. The zero-order valence-electron chi connectivity index (χ0n) is 17.1. The zero-order valence-corrected chi connectivity index (χ0v) is 17.1. The highest BCUT2D eigenvalue weighted by Gasteiger charge is 2.27. The lowest BCUT2D eigenvalue weighted by atomic mass is 10.00. The Kier molecular flexibility index (Phi) is 7.01. The van der Waals surface area contributed by atoms with E-state index in [0.717, 1.165) is 11.1 Å². The Hall–Kier alpha value is -3.14. The van der Waals surface area contributed by atoms with Crippen LogP contribution in [0.2, 0.25) is 0 Å². The van der Waals surface area contributed by atoms with Crippen LogP contribution in [0.4, 0.5) is 0 Å². The zero-order chi connectivity index (χ0) is 20.6. The second kappa shape index (κ2) is 9.87. The summed E-state index contributed by atoms with van der Waals surface area (Å²) in [6.45, 7) is 2.37. The van der Waals surface area contributed by atoms with E-state index in [4.69, 9.17) is 0 Å². The van der Waals surface area contributed by atoms with Crippen molar-refractivity contribution < 1.29 is 9.59 Å². The molecule has 0 bridgehead atoms. The molecule has 1 atom stereocenters. The summed E-state index contributed by atoms with van der Waals surface area (Å²) < 4.78 is 0. The lowest BCUT2D eigenvalue weighted by Gasteiger charge is -2.30. The molecule has 0 heterocycles. The van der Waals surface area contributed by atoms with Gasteiger partial charge < -0.3 is 10.2 Å². The van der Waals surface area contributed by atoms with Crippen LogP contribution in [0.5, 0.6) is 0 Å². The van der Waals surface area contributed by atoms with Crippen molar-refractivity contribution in [2.75, 3.05) is 7.05 Å². The number of hydrogen-bond donors (Lipinski definition) is 1. The average molecular weight is 389 g/mol. The largest absolute Gasteiger partial charge is 0.357 e. The second-order valence-corrected chi connectivity index (χ2v) is 7.18. The Balaban J connectivity index is 1.80. The highest BCUT2D eigenvalue weighted by atomic mass is 16.2. The summed E-state index contributed by atoms with van der Waals surface area (Å²) in [5.74, 6) is -0.126. The van der Waals surface area contributed by atoms with Gasteiger partial charge in [-0.3, -0.25) is 9.59 Å². The Morgan fingerprint density at radius 3 is 2.34 bits per heavy atom. The number of likely N-dealkylation sites (N-methyl/N-ethyl adjacent to an activating group) is 1. The summed E-state index contributed by atoms with van der Waals surface area (Å²) in [5.41, 5.74) is 2.18. The van der Waals surface area contributed by atoms with Crippen molar-refractivity contribution in [2.45, 2.75) is 38.8 Å². The number of carbonyl (C=O) groups excluding carboxylic acids is 2. The van der Waals surface area contributed by atoms with Crippen LogP contribution < -0.4 is 5.32 Å². The Morgan fingerprint density at radius 2 is 1.62 bits per heavy atom. The molecular weight excluding hydrogens is 360 g/mol. The van der Waals surface area contributed by atoms with Crippen LogP contribution in [-0.2, 0) is 22.6 Å². The summed E-state index contributed by atoms with van der Waals surface area (Å²) in [6, 6.07) is 23.8. The van der Waals surface area contributed by atoms with Gasteiger partial charge in [0.25, 0.3) is 0 Å². The molecule has 0 fully saturated rings. The topological polar surface area (TPSA) is 49.4 Å². The molecule has 2 amide bonds. The van der Waals surface area contributed by atoms with Crippen molar-refractivity contribution >= 4 is 22.6 Å². The van der Waals surface area contributed by atoms with Gasteiger partial charge in [-0.2, -0.15) is 0 Å². The van der Waals surface area contributed by atoms with Gasteiger partial charge in [-0.1, -0.05) is 79.7 Å². The minimum atomic E-state index is -0.472. The van der Waals surface area contributed by atoms with Crippen molar-refractivity contribution in [2.24, 2.45) is 0 Å². The number of aryl methyl sites for hydroxylation is 1. The van der Waals surface area contributed by atoms with Crippen LogP contribution in [0.15, 0.2) is 72.8 Å². The second-order valence-electron chi connectivity index (χ2n) is 7.18. The highest BCUT2D eigenvalue weighted by molar-refractivity contribution is 5.89. The van der Waals surface area contributed by atoms with Crippen molar-refractivity contribution in [3.05, 3.63) is 83.9 Å². The fraction of sp³-hybridized carbons (Fsp3) is 0.280. The maximum Gasteiger partial charge on any atom is 0.242 e. The van der Waals surface area contributed by atoms with E-state index < -0.39 is 6.04 Å². The van der Waals surface area contributed by atoms with Crippen molar-refractivity contribution in [3.8, 4) is 0 Å². The SMILES string of the molecule is CC[C@H](C(=O)NC)N(Cc1ccccc1)C(=O)CCc1cccc2ccccc12.